The van der Waals surface area contributed by atoms with Crippen LogP contribution in [0.15, 0.2) is 42.2 Å². The quantitative estimate of drug-likeness (QED) is 0.855. The minimum Gasteiger partial charge on any atom is -0.499 e. The lowest BCUT2D eigenvalue weighted by Crippen LogP contribution is -2.48. The summed E-state index contributed by atoms with van der Waals surface area (Å²) in [5.41, 5.74) is 1.18. The molecule has 0 bridgehead atoms. The molecule has 0 spiro atoms. The lowest BCUT2D eigenvalue weighted by molar-refractivity contribution is -0.223. The number of methoxy groups -OCH3 is 1. The monoisotopic (exact) mass is 305 g/mol. The molecular formula is C17H23NO4. The fourth-order valence-electron chi connectivity index (χ4n) is 2.91. The summed E-state index contributed by atoms with van der Waals surface area (Å²) in [6.07, 6.45) is 1.84. The number of nitrogens with zero attached hydrogens (tertiary/aromatic N) is 1. The van der Waals surface area contributed by atoms with E-state index in [1.807, 2.05) is 43.2 Å². The molecule has 0 amide bonds. The predicted molar refractivity (Wildman–Crippen MR) is 81.7 cm³/mol. The molecule has 0 aromatic heterocycles. The molecule has 1 saturated heterocycles. The van der Waals surface area contributed by atoms with E-state index in [1.165, 1.54) is 5.56 Å². The summed E-state index contributed by atoms with van der Waals surface area (Å²) in [7, 11) is 1.69. The predicted octanol–water partition coefficient (Wildman–Crippen LogP) is 2.48. The Morgan fingerprint density at radius 1 is 1.27 bits per heavy atom. The first-order valence-electron chi connectivity index (χ1n) is 7.58. The van der Waals surface area contributed by atoms with Gasteiger partial charge in [0.1, 0.15) is 17.9 Å². The number of rotatable bonds is 4. The Bertz CT molecular complexity index is 529. The van der Waals surface area contributed by atoms with Crippen molar-refractivity contribution in [2.75, 3.05) is 20.3 Å². The summed E-state index contributed by atoms with van der Waals surface area (Å²) in [6.45, 7) is 5.55. The van der Waals surface area contributed by atoms with Crippen LogP contribution in [0, 0.1) is 0 Å². The van der Waals surface area contributed by atoms with E-state index < -0.39 is 5.79 Å². The Balaban J connectivity index is 1.80. The first-order valence-corrected chi connectivity index (χ1v) is 7.58. The van der Waals surface area contributed by atoms with Gasteiger partial charge in [-0.3, -0.25) is 4.84 Å². The van der Waals surface area contributed by atoms with E-state index in [4.69, 9.17) is 19.0 Å². The second-order valence-corrected chi connectivity index (χ2v) is 5.98. The van der Waals surface area contributed by atoms with Gasteiger partial charge in [0.25, 0.3) is 0 Å². The Morgan fingerprint density at radius 2 is 2.05 bits per heavy atom. The Hall–Kier alpha value is -1.40. The second kappa shape index (κ2) is 6.38. The maximum Gasteiger partial charge on any atom is 0.163 e. The summed E-state index contributed by atoms with van der Waals surface area (Å²) in [6, 6.07) is 10.1. The zero-order chi connectivity index (χ0) is 15.6. The van der Waals surface area contributed by atoms with Gasteiger partial charge in [-0.15, -0.1) is 0 Å². The van der Waals surface area contributed by atoms with Crippen molar-refractivity contribution in [3.8, 4) is 0 Å². The van der Waals surface area contributed by atoms with E-state index in [9.17, 15) is 0 Å². The van der Waals surface area contributed by atoms with Gasteiger partial charge in [0, 0.05) is 0 Å². The third-order valence-electron chi connectivity index (χ3n) is 3.93. The zero-order valence-corrected chi connectivity index (χ0v) is 13.3. The van der Waals surface area contributed by atoms with Gasteiger partial charge in [0.15, 0.2) is 5.79 Å². The van der Waals surface area contributed by atoms with Crippen LogP contribution in [0.5, 0.6) is 0 Å². The molecule has 1 aromatic rings. The molecule has 2 aliphatic rings. The van der Waals surface area contributed by atoms with Crippen molar-refractivity contribution in [3.05, 3.63) is 47.7 Å². The second-order valence-electron chi connectivity index (χ2n) is 5.98. The molecule has 5 heteroatoms. The maximum atomic E-state index is 6.02. The molecule has 2 heterocycles. The number of hydrogen-bond donors (Lipinski definition) is 0. The van der Waals surface area contributed by atoms with Crippen LogP contribution < -0.4 is 0 Å². The molecular weight excluding hydrogens is 282 g/mol. The van der Waals surface area contributed by atoms with Gasteiger partial charge in [-0.1, -0.05) is 30.3 Å². The molecule has 1 unspecified atom stereocenters. The summed E-state index contributed by atoms with van der Waals surface area (Å²) >= 11 is 0. The van der Waals surface area contributed by atoms with Gasteiger partial charge in [0.05, 0.1) is 26.9 Å². The number of hydroxylamine groups is 2. The van der Waals surface area contributed by atoms with E-state index in [1.54, 1.807) is 7.11 Å². The fourth-order valence-corrected chi connectivity index (χ4v) is 2.91. The molecule has 3 rings (SSSR count). The smallest absolute Gasteiger partial charge is 0.163 e. The average Bonchev–Trinajstić information content (AvgIpc) is 2.88. The van der Waals surface area contributed by atoms with Crippen LogP contribution in [-0.4, -0.2) is 43.3 Å². The van der Waals surface area contributed by atoms with E-state index >= 15 is 0 Å². The molecule has 0 radical (unpaired) electrons. The first kappa shape index (κ1) is 15.5. The highest BCUT2D eigenvalue weighted by atomic mass is 16.8. The molecule has 5 nitrogen and oxygen atoms in total. The molecule has 2 aliphatic heterocycles. The van der Waals surface area contributed by atoms with Crippen molar-refractivity contribution in [2.24, 2.45) is 0 Å². The average molecular weight is 305 g/mol. The lowest BCUT2D eigenvalue weighted by atomic mass is 10.1. The zero-order valence-electron chi connectivity index (χ0n) is 13.3. The van der Waals surface area contributed by atoms with Crippen LogP contribution in [0.4, 0.5) is 0 Å². The van der Waals surface area contributed by atoms with E-state index in [2.05, 4.69) is 12.1 Å². The summed E-state index contributed by atoms with van der Waals surface area (Å²) in [5, 5.41) is 1.93. The highest BCUT2D eigenvalue weighted by molar-refractivity contribution is 5.16. The lowest BCUT2D eigenvalue weighted by Gasteiger charge is -2.37. The third kappa shape index (κ3) is 3.33. The SMILES string of the molecule is COC1=CCON(Cc2ccccc2)C1[C@H]1COC(C)(C)O1. The van der Waals surface area contributed by atoms with Gasteiger partial charge in [-0.05, 0) is 25.5 Å². The Kier molecular flexibility index (Phi) is 4.49. The largest absolute Gasteiger partial charge is 0.499 e. The molecule has 0 aliphatic carbocycles. The maximum absolute atomic E-state index is 6.02. The van der Waals surface area contributed by atoms with Crippen LogP contribution in [0.1, 0.15) is 19.4 Å². The van der Waals surface area contributed by atoms with Crippen molar-refractivity contribution in [1.29, 1.82) is 0 Å². The topological polar surface area (TPSA) is 40.2 Å². The van der Waals surface area contributed by atoms with Crippen molar-refractivity contribution in [2.45, 2.75) is 38.3 Å². The van der Waals surface area contributed by atoms with Gasteiger partial charge in [-0.2, -0.15) is 5.06 Å². The van der Waals surface area contributed by atoms with Crippen molar-refractivity contribution >= 4 is 0 Å². The van der Waals surface area contributed by atoms with Gasteiger partial charge >= 0.3 is 0 Å². The highest BCUT2D eigenvalue weighted by Gasteiger charge is 2.43. The Labute approximate surface area is 131 Å². The molecule has 1 fully saturated rings. The number of benzene rings is 1. The minimum absolute atomic E-state index is 0.110. The van der Waals surface area contributed by atoms with Gasteiger partial charge < -0.3 is 14.2 Å². The van der Waals surface area contributed by atoms with Crippen LogP contribution in [0.2, 0.25) is 0 Å². The summed E-state index contributed by atoms with van der Waals surface area (Å²) < 4.78 is 17.3. The van der Waals surface area contributed by atoms with Crippen LogP contribution in [0.3, 0.4) is 0 Å². The van der Waals surface area contributed by atoms with Crippen molar-refractivity contribution < 1.29 is 19.0 Å². The molecule has 1 aromatic carbocycles. The van der Waals surface area contributed by atoms with Crippen LogP contribution in [0.25, 0.3) is 0 Å². The first-order chi connectivity index (χ1) is 10.6. The van der Waals surface area contributed by atoms with E-state index in [0.717, 1.165) is 5.76 Å². The summed E-state index contributed by atoms with van der Waals surface area (Å²) in [4.78, 5) is 5.85. The molecule has 0 saturated carbocycles. The number of ether oxygens (including phenoxy) is 3. The van der Waals surface area contributed by atoms with E-state index in [-0.39, 0.29) is 12.1 Å². The normalized spacial score (nSPS) is 28.4. The summed E-state index contributed by atoms with van der Waals surface area (Å²) in [5.74, 6) is 0.299. The van der Waals surface area contributed by atoms with Gasteiger partial charge in [-0.25, -0.2) is 0 Å². The van der Waals surface area contributed by atoms with Crippen LogP contribution >= 0.6 is 0 Å². The molecule has 0 N–H and O–H groups in total. The van der Waals surface area contributed by atoms with Gasteiger partial charge in [0.2, 0.25) is 0 Å². The van der Waals surface area contributed by atoms with Crippen molar-refractivity contribution in [3.63, 3.8) is 0 Å². The third-order valence-corrected chi connectivity index (χ3v) is 3.93. The highest BCUT2D eigenvalue weighted by Crippen LogP contribution is 2.32. The van der Waals surface area contributed by atoms with Crippen LogP contribution in [-0.2, 0) is 25.6 Å². The fraction of sp³-hybridized carbons (Fsp3) is 0.529. The van der Waals surface area contributed by atoms with E-state index in [0.29, 0.717) is 19.8 Å². The van der Waals surface area contributed by atoms with Crippen molar-refractivity contribution in [1.82, 2.24) is 5.06 Å². The number of hydrogen-bond acceptors (Lipinski definition) is 5. The molecule has 120 valence electrons. The minimum atomic E-state index is -0.570. The standard InChI is InChI=1S/C17H23NO4/c1-17(2)20-12-15(22-17)16-14(19-3)9-10-21-18(16)11-13-7-5-4-6-8-13/h4-9,15-16H,10-12H2,1-3H3/t15-,16?/m1/s1. The molecule has 22 heavy (non-hydrogen) atoms. The molecule has 2 atom stereocenters. The Morgan fingerprint density at radius 3 is 2.68 bits per heavy atom.